The highest BCUT2D eigenvalue weighted by Gasteiger charge is 2.27. The van der Waals surface area contributed by atoms with Gasteiger partial charge in [-0.2, -0.15) is 0 Å². The van der Waals surface area contributed by atoms with Gasteiger partial charge in [0.1, 0.15) is 13.2 Å². The number of hydrogen-bond acceptors (Lipinski definition) is 5. The topological polar surface area (TPSA) is 65.0 Å². The third-order valence-electron chi connectivity index (χ3n) is 2.86. The zero-order valence-electron chi connectivity index (χ0n) is 10.7. The minimum Gasteiger partial charge on any atom is -0.486 e. The molecule has 2 rings (SSSR count). The van der Waals surface area contributed by atoms with Crippen LogP contribution in [-0.4, -0.2) is 30.9 Å². The summed E-state index contributed by atoms with van der Waals surface area (Å²) in [5.74, 6) is 0.483. The third kappa shape index (κ3) is 2.69. The molecule has 1 aromatic carbocycles. The molecule has 1 aliphatic heterocycles. The zero-order valence-corrected chi connectivity index (χ0v) is 12.3. The van der Waals surface area contributed by atoms with E-state index in [1.165, 1.54) is 0 Å². The van der Waals surface area contributed by atoms with Gasteiger partial charge in [0, 0.05) is 5.56 Å². The molecule has 19 heavy (non-hydrogen) atoms. The lowest BCUT2D eigenvalue weighted by atomic mass is 10.0. The molecule has 0 spiro atoms. The molecule has 5 nitrogen and oxygen atoms in total. The van der Waals surface area contributed by atoms with E-state index in [1.807, 2.05) is 0 Å². The lowest BCUT2D eigenvalue weighted by Crippen LogP contribution is -2.20. The van der Waals surface area contributed by atoms with E-state index in [0.29, 0.717) is 40.3 Å². The van der Waals surface area contributed by atoms with Gasteiger partial charge >= 0.3 is 5.97 Å². The number of esters is 1. The average molecular weight is 331 g/mol. The van der Waals surface area contributed by atoms with Crippen LogP contribution >= 0.6 is 15.9 Å². The molecule has 1 aliphatic rings. The Morgan fingerprint density at radius 2 is 2.11 bits per heavy atom. The van der Waals surface area contributed by atoms with Crippen molar-refractivity contribution in [1.82, 2.24) is 0 Å². The van der Waals surface area contributed by atoms with E-state index in [0.717, 1.165) is 0 Å². The van der Waals surface area contributed by atoms with Crippen LogP contribution < -0.4 is 9.47 Å². The lowest BCUT2D eigenvalue weighted by Gasteiger charge is -2.24. The Labute approximate surface area is 119 Å². The van der Waals surface area contributed by atoms with Crippen LogP contribution in [0.1, 0.15) is 24.2 Å². The number of benzene rings is 1. The monoisotopic (exact) mass is 330 g/mol. The molecule has 6 heteroatoms. The summed E-state index contributed by atoms with van der Waals surface area (Å²) in [4.78, 5) is 11.6. The van der Waals surface area contributed by atoms with E-state index in [-0.39, 0.29) is 6.61 Å². The minimum atomic E-state index is -1.33. The Hall–Kier alpha value is -1.27. The highest BCUT2D eigenvalue weighted by atomic mass is 79.9. The SMILES string of the molecule is CCOC(=O)C(O)c1cc(Br)c2c(c1C)OCCO2. The summed E-state index contributed by atoms with van der Waals surface area (Å²) in [5.41, 5.74) is 1.13. The summed E-state index contributed by atoms with van der Waals surface area (Å²) >= 11 is 3.36. The Morgan fingerprint density at radius 3 is 2.74 bits per heavy atom. The fourth-order valence-electron chi connectivity index (χ4n) is 1.95. The van der Waals surface area contributed by atoms with Crippen LogP contribution in [0.3, 0.4) is 0 Å². The largest absolute Gasteiger partial charge is 0.486 e. The smallest absolute Gasteiger partial charge is 0.339 e. The molecule has 1 unspecified atom stereocenters. The second-order valence-corrected chi connectivity index (χ2v) is 4.94. The number of aliphatic hydroxyl groups is 1. The molecule has 1 atom stereocenters. The van der Waals surface area contributed by atoms with E-state index in [9.17, 15) is 9.90 Å². The standard InChI is InChI=1S/C13H15BrO5/c1-3-17-13(16)10(15)8-6-9(14)12-11(7(8)2)18-4-5-19-12/h6,10,15H,3-5H2,1-2H3. The van der Waals surface area contributed by atoms with Crippen LogP contribution in [0.4, 0.5) is 0 Å². The normalized spacial score (nSPS) is 14.9. The summed E-state index contributed by atoms with van der Waals surface area (Å²) in [6.07, 6.45) is -1.33. The van der Waals surface area contributed by atoms with Crippen LogP contribution in [0, 0.1) is 6.92 Å². The summed E-state index contributed by atoms with van der Waals surface area (Å²) in [7, 11) is 0. The Bertz CT molecular complexity index is 500. The van der Waals surface area contributed by atoms with Gasteiger partial charge in [-0.15, -0.1) is 0 Å². The molecule has 0 saturated heterocycles. The Balaban J connectivity index is 2.41. The van der Waals surface area contributed by atoms with Gasteiger partial charge in [-0.05, 0) is 41.4 Å². The molecule has 0 fully saturated rings. The van der Waals surface area contributed by atoms with Crippen LogP contribution in [0.15, 0.2) is 10.5 Å². The fourth-order valence-corrected chi connectivity index (χ4v) is 2.49. The predicted octanol–water partition coefficient (Wildman–Crippen LogP) is 2.13. The van der Waals surface area contributed by atoms with Gasteiger partial charge in [0.15, 0.2) is 17.6 Å². The van der Waals surface area contributed by atoms with E-state index >= 15 is 0 Å². The predicted molar refractivity (Wildman–Crippen MR) is 71.5 cm³/mol. The van der Waals surface area contributed by atoms with Crippen molar-refractivity contribution in [3.05, 3.63) is 21.7 Å². The first-order valence-corrected chi connectivity index (χ1v) is 6.78. The molecule has 0 amide bonds. The maximum Gasteiger partial charge on any atom is 0.339 e. The van der Waals surface area contributed by atoms with Gasteiger partial charge in [-0.1, -0.05) is 0 Å². The highest BCUT2D eigenvalue weighted by Crippen LogP contribution is 2.43. The molecule has 0 bridgehead atoms. The Kier molecular flexibility index (Phi) is 4.31. The van der Waals surface area contributed by atoms with Gasteiger partial charge in [-0.3, -0.25) is 0 Å². The van der Waals surface area contributed by atoms with Gasteiger partial charge < -0.3 is 19.3 Å². The molecule has 1 heterocycles. The second-order valence-electron chi connectivity index (χ2n) is 4.08. The lowest BCUT2D eigenvalue weighted by molar-refractivity contribution is -0.153. The number of hydrogen-bond donors (Lipinski definition) is 1. The fraction of sp³-hybridized carbons (Fsp3) is 0.462. The summed E-state index contributed by atoms with van der Waals surface area (Å²) in [6.45, 7) is 4.61. The van der Waals surface area contributed by atoms with Crippen LogP contribution in [0.2, 0.25) is 0 Å². The number of carbonyl (C=O) groups excluding carboxylic acids is 1. The van der Waals surface area contributed by atoms with Crippen molar-refractivity contribution in [3.8, 4) is 11.5 Å². The first kappa shape index (κ1) is 14.1. The van der Waals surface area contributed by atoms with Crippen molar-refractivity contribution in [1.29, 1.82) is 0 Å². The quantitative estimate of drug-likeness (QED) is 0.860. The highest BCUT2D eigenvalue weighted by molar-refractivity contribution is 9.10. The van der Waals surface area contributed by atoms with Crippen molar-refractivity contribution in [2.24, 2.45) is 0 Å². The molecule has 1 aromatic rings. The number of fused-ring (bicyclic) bond motifs is 1. The van der Waals surface area contributed by atoms with Gasteiger partial charge in [-0.25, -0.2) is 4.79 Å². The van der Waals surface area contributed by atoms with Crippen molar-refractivity contribution < 1.29 is 24.1 Å². The maximum atomic E-state index is 11.6. The maximum absolute atomic E-state index is 11.6. The van der Waals surface area contributed by atoms with Crippen molar-refractivity contribution in [2.45, 2.75) is 20.0 Å². The van der Waals surface area contributed by atoms with Crippen LogP contribution in [0.25, 0.3) is 0 Å². The molecule has 1 N–H and O–H groups in total. The van der Waals surface area contributed by atoms with E-state index < -0.39 is 12.1 Å². The van der Waals surface area contributed by atoms with Gasteiger partial charge in [0.05, 0.1) is 11.1 Å². The van der Waals surface area contributed by atoms with E-state index in [2.05, 4.69) is 15.9 Å². The number of halogens is 1. The summed E-state index contributed by atoms with van der Waals surface area (Å²) in [5, 5.41) is 10.0. The number of aliphatic hydroxyl groups excluding tert-OH is 1. The van der Waals surface area contributed by atoms with Gasteiger partial charge in [0.2, 0.25) is 0 Å². The Morgan fingerprint density at radius 1 is 1.47 bits per heavy atom. The zero-order chi connectivity index (χ0) is 14.0. The molecule has 104 valence electrons. The van der Waals surface area contributed by atoms with Gasteiger partial charge in [0.25, 0.3) is 0 Å². The summed E-state index contributed by atoms with van der Waals surface area (Å²) < 4.78 is 16.5. The number of rotatable bonds is 3. The van der Waals surface area contributed by atoms with Crippen molar-refractivity contribution >= 4 is 21.9 Å². The molecule has 0 aromatic heterocycles. The van der Waals surface area contributed by atoms with E-state index in [1.54, 1.807) is 19.9 Å². The molecule has 0 radical (unpaired) electrons. The number of carbonyl (C=O) groups is 1. The first-order chi connectivity index (χ1) is 9.06. The molecular formula is C13H15BrO5. The molecule has 0 aliphatic carbocycles. The third-order valence-corrected chi connectivity index (χ3v) is 3.45. The second kappa shape index (κ2) is 5.79. The molecule has 0 saturated carbocycles. The van der Waals surface area contributed by atoms with Crippen LogP contribution in [0.5, 0.6) is 11.5 Å². The van der Waals surface area contributed by atoms with Crippen molar-refractivity contribution in [2.75, 3.05) is 19.8 Å². The average Bonchev–Trinajstić information content (AvgIpc) is 2.42. The summed E-state index contributed by atoms with van der Waals surface area (Å²) in [6, 6.07) is 1.66. The van der Waals surface area contributed by atoms with Crippen LogP contribution in [-0.2, 0) is 9.53 Å². The number of ether oxygens (including phenoxy) is 3. The minimum absolute atomic E-state index is 0.223. The molecular weight excluding hydrogens is 316 g/mol. The van der Waals surface area contributed by atoms with Crippen molar-refractivity contribution in [3.63, 3.8) is 0 Å². The van der Waals surface area contributed by atoms with E-state index in [4.69, 9.17) is 14.2 Å². The first-order valence-electron chi connectivity index (χ1n) is 5.99.